The normalized spacial score (nSPS) is 14.9. The number of alkyl halides is 3. The van der Waals surface area contributed by atoms with E-state index in [0.29, 0.717) is 35.3 Å². The molecule has 182 valence electrons. The zero-order valence-corrected chi connectivity index (χ0v) is 19.0. The van der Waals surface area contributed by atoms with Crippen LogP contribution in [0.1, 0.15) is 35.7 Å². The Morgan fingerprint density at radius 2 is 1.86 bits per heavy atom. The summed E-state index contributed by atoms with van der Waals surface area (Å²) < 4.78 is 48.5. The lowest BCUT2D eigenvalue weighted by molar-refractivity contribution is -0.274. The molecule has 0 unspecified atom stereocenters. The SMILES string of the molecule is Cc1cc(-c2nc(-c3ccc(OC(F)(F)F)cc3)co2)nn1Cc1ccnc(C2CCNCC2)c1. The van der Waals surface area contributed by atoms with Gasteiger partial charge in [0.25, 0.3) is 0 Å². The molecule has 1 N–H and O–H groups in total. The summed E-state index contributed by atoms with van der Waals surface area (Å²) in [5.41, 5.74) is 4.88. The first-order valence-electron chi connectivity index (χ1n) is 11.4. The first-order chi connectivity index (χ1) is 16.8. The fraction of sp³-hybridized carbons (Fsp3) is 0.320. The first kappa shape index (κ1) is 23.1. The lowest BCUT2D eigenvalue weighted by atomic mass is 9.93. The van der Waals surface area contributed by atoms with Gasteiger partial charge in [0.2, 0.25) is 5.89 Å². The van der Waals surface area contributed by atoms with Gasteiger partial charge in [-0.3, -0.25) is 9.67 Å². The Morgan fingerprint density at radius 1 is 1.09 bits per heavy atom. The van der Waals surface area contributed by atoms with E-state index >= 15 is 0 Å². The average molecular weight is 483 g/mol. The third-order valence-electron chi connectivity index (χ3n) is 6.02. The second kappa shape index (κ2) is 9.53. The number of nitrogens with zero attached hydrogens (tertiary/aromatic N) is 4. The molecule has 0 atom stereocenters. The predicted octanol–water partition coefficient (Wildman–Crippen LogP) is 5.32. The van der Waals surface area contributed by atoms with Crippen molar-refractivity contribution in [3.05, 3.63) is 71.9 Å². The quantitative estimate of drug-likeness (QED) is 0.400. The fourth-order valence-corrected chi connectivity index (χ4v) is 4.23. The standard InChI is InChI=1S/C25H24F3N5O2/c1-16-12-22(24-31-23(15-34-24)18-2-4-20(5-3-18)35-25(26,27)28)32-33(16)14-17-6-11-30-21(13-17)19-7-9-29-10-8-19/h2-6,11-13,15,19,29H,7-10,14H2,1H3. The van der Waals surface area contributed by atoms with Crippen molar-refractivity contribution in [2.75, 3.05) is 13.1 Å². The van der Waals surface area contributed by atoms with Crippen LogP contribution in [0.2, 0.25) is 0 Å². The molecule has 0 spiro atoms. The van der Waals surface area contributed by atoms with Crippen LogP contribution in [-0.2, 0) is 6.54 Å². The maximum Gasteiger partial charge on any atom is 0.573 e. The Hall–Kier alpha value is -3.66. The van der Waals surface area contributed by atoms with Gasteiger partial charge in [-0.1, -0.05) is 0 Å². The highest BCUT2D eigenvalue weighted by molar-refractivity contribution is 5.62. The fourth-order valence-electron chi connectivity index (χ4n) is 4.23. The van der Waals surface area contributed by atoms with E-state index in [9.17, 15) is 13.2 Å². The number of aryl methyl sites for hydroxylation is 1. The zero-order valence-electron chi connectivity index (χ0n) is 19.0. The van der Waals surface area contributed by atoms with Crippen LogP contribution in [0.3, 0.4) is 0 Å². The molecule has 10 heteroatoms. The maximum atomic E-state index is 12.4. The Kier molecular flexibility index (Phi) is 6.29. The summed E-state index contributed by atoms with van der Waals surface area (Å²) in [4.78, 5) is 9.06. The average Bonchev–Trinajstić information content (AvgIpc) is 3.47. The molecule has 7 nitrogen and oxygen atoms in total. The molecule has 0 amide bonds. The van der Waals surface area contributed by atoms with Crippen LogP contribution in [-0.4, -0.2) is 39.2 Å². The van der Waals surface area contributed by atoms with E-state index in [4.69, 9.17) is 4.42 Å². The van der Waals surface area contributed by atoms with Gasteiger partial charge in [0.1, 0.15) is 23.4 Å². The summed E-state index contributed by atoms with van der Waals surface area (Å²) in [6.07, 6.45) is 0.762. The smallest absolute Gasteiger partial charge is 0.443 e. The van der Waals surface area contributed by atoms with Gasteiger partial charge in [0.05, 0.1) is 6.54 Å². The lowest BCUT2D eigenvalue weighted by Crippen LogP contribution is -2.27. The van der Waals surface area contributed by atoms with Crippen LogP contribution in [0.25, 0.3) is 22.8 Å². The minimum Gasteiger partial charge on any atom is -0.443 e. The topological polar surface area (TPSA) is 78.0 Å². The van der Waals surface area contributed by atoms with E-state index in [1.54, 1.807) is 0 Å². The number of hydrogen-bond acceptors (Lipinski definition) is 6. The van der Waals surface area contributed by atoms with Crippen molar-refractivity contribution in [1.82, 2.24) is 25.1 Å². The van der Waals surface area contributed by atoms with Gasteiger partial charge in [-0.05, 0) is 80.9 Å². The van der Waals surface area contributed by atoms with Crippen molar-refractivity contribution >= 4 is 0 Å². The second-order valence-electron chi connectivity index (χ2n) is 8.55. The van der Waals surface area contributed by atoms with Gasteiger partial charge in [-0.25, -0.2) is 4.98 Å². The summed E-state index contributed by atoms with van der Waals surface area (Å²) in [6, 6.07) is 11.5. The Morgan fingerprint density at radius 3 is 2.60 bits per heavy atom. The van der Waals surface area contributed by atoms with Crippen LogP contribution in [0.15, 0.2) is 59.3 Å². The van der Waals surface area contributed by atoms with Crippen LogP contribution in [0, 0.1) is 6.92 Å². The van der Waals surface area contributed by atoms with E-state index < -0.39 is 6.36 Å². The van der Waals surface area contributed by atoms with E-state index in [2.05, 4.69) is 31.2 Å². The maximum absolute atomic E-state index is 12.4. The number of benzene rings is 1. The first-order valence-corrected chi connectivity index (χ1v) is 11.4. The summed E-state index contributed by atoms with van der Waals surface area (Å²) in [5, 5.41) is 8.05. The van der Waals surface area contributed by atoms with E-state index in [-0.39, 0.29) is 5.75 Å². The van der Waals surface area contributed by atoms with Crippen molar-refractivity contribution in [1.29, 1.82) is 0 Å². The molecule has 1 fully saturated rings. The molecule has 0 bridgehead atoms. The summed E-state index contributed by atoms with van der Waals surface area (Å²) in [5.74, 6) is 0.520. The van der Waals surface area contributed by atoms with Crippen LogP contribution in [0.5, 0.6) is 5.75 Å². The minimum atomic E-state index is -4.73. The summed E-state index contributed by atoms with van der Waals surface area (Å²) in [6.45, 7) is 4.60. The van der Waals surface area contributed by atoms with Gasteiger partial charge in [0.15, 0.2) is 0 Å². The molecule has 1 saturated heterocycles. The molecule has 0 radical (unpaired) electrons. The number of nitrogens with one attached hydrogen (secondary N) is 1. The molecule has 0 saturated carbocycles. The van der Waals surface area contributed by atoms with Crippen LogP contribution >= 0.6 is 0 Å². The molecule has 5 rings (SSSR count). The van der Waals surface area contributed by atoms with Gasteiger partial charge < -0.3 is 14.5 Å². The lowest BCUT2D eigenvalue weighted by Gasteiger charge is -2.22. The Balaban J connectivity index is 1.30. The second-order valence-corrected chi connectivity index (χ2v) is 8.55. The monoisotopic (exact) mass is 483 g/mol. The van der Waals surface area contributed by atoms with Gasteiger partial charge in [0, 0.05) is 29.1 Å². The number of rotatable bonds is 6. The Bertz CT molecular complexity index is 1290. The number of aromatic nitrogens is 4. The van der Waals surface area contributed by atoms with Gasteiger partial charge >= 0.3 is 6.36 Å². The molecule has 3 aromatic heterocycles. The summed E-state index contributed by atoms with van der Waals surface area (Å²) in [7, 11) is 0. The number of hydrogen-bond donors (Lipinski definition) is 1. The number of halogens is 3. The summed E-state index contributed by atoms with van der Waals surface area (Å²) >= 11 is 0. The molecule has 0 aliphatic carbocycles. The third kappa shape index (κ3) is 5.54. The third-order valence-corrected chi connectivity index (χ3v) is 6.02. The van der Waals surface area contributed by atoms with E-state index in [1.165, 1.54) is 30.5 Å². The molecule has 1 aliphatic heterocycles. The molecule has 4 heterocycles. The highest BCUT2D eigenvalue weighted by Gasteiger charge is 2.31. The largest absolute Gasteiger partial charge is 0.573 e. The number of pyridine rings is 1. The number of oxazole rings is 1. The minimum absolute atomic E-state index is 0.293. The predicted molar refractivity (Wildman–Crippen MR) is 123 cm³/mol. The van der Waals surface area contributed by atoms with E-state index in [0.717, 1.165) is 42.9 Å². The zero-order chi connectivity index (χ0) is 24.4. The number of piperidine rings is 1. The van der Waals surface area contributed by atoms with E-state index in [1.807, 2.05) is 29.9 Å². The molecular formula is C25H24F3N5O2. The van der Waals surface area contributed by atoms with Crippen molar-refractivity contribution in [3.63, 3.8) is 0 Å². The Labute approximate surface area is 200 Å². The highest BCUT2D eigenvalue weighted by atomic mass is 19.4. The highest BCUT2D eigenvalue weighted by Crippen LogP contribution is 2.29. The molecule has 35 heavy (non-hydrogen) atoms. The number of ether oxygens (including phenoxy) is 1. The van der Waals surface area contributed by atoms with Crippen molar-refractivity contribution in [2.45, 2.75) is 38.6 Å². The molecule has 1 aliphatic rings. The molecule has 1 aromatic carbocycles. The van der Waals surface area contributed by atoms with Gasteiger partial charge in [-0.2, -0.15) is 5.10 Å². The molecular weight excluding hydrogens is 459 g/mol. The van der Waals surface area contributed by atoms with Crippen molar-refractivity contribution in [2.24, 2.45) is 0 Å². The molecule has 4 aromatic rings. The van der Waals surface area contributed by atoms with Crippen LogP contribution < -0.4 is 10.1 Å². The van der Waals surface area contributed by atoms with Crippen molar-refractivity contribution < 1.29 is 22.3 Å². The van der Waals surface area contributed by atoms with Crippen molar-refractivity contribution in [3.8, 4) is 28.6 Å². The van der Waals surface area contributed by atoms with Gasteiger partial charge in [-0.15, -0.1) is 13.2 Å². The van der Waals surface area contributed by atoms with Crippen LogP contribution in [0.4, 0.5) is 13.2 Å².